The molecule has 0 radical (unpaired) electrons. The number of rotatable bonds is 8. The fourth-order valence-electron chi connectivity index (χ4n) is 4.47. The maximum Gasteiger partial charge on any atom is 0.270 e. The van der Waals surface area contributed by atoms with Gasteiger partial charge in [0.2, 0.25) is 5.91 Å². The number of carbonyl (C=O) groups is 1. The normalized spacial score (nSPS) is 15.2. The van der Waals surface area contributed by atoms with Gasteiger partial charge >= 0.3 is 0 Å². The summed E-state index contributed by atoms with van der Waals surface area (Å²) >= 11 is 0. The molecule has 0 saturated carbocycles. The standard InChI is InChI=1S/C24H27FN4O3/c1-16-4-6-22(25)19(12-16)18(14-24(30)26-8-11-28-9-2-3-10-28)21-15-27-23-7-5-17(29(31)32)13-20(21)23/h4-7,12-13,15,18,27H,2-3,8-11,14H2,1H3,(H,26,30). The third kappa shape index (κ3) is 4.80. The average molecular weight is 439 g/mol. The SMILES string of the molecule is Cc1ccc(F)c(C(CC(=O)NCCN2CCCC2)c2c[nH]c3ccc([N+](=O)[O-])cc23)c1. The molecule has 1 unspecified atom stereocenters. The highest BCUT2D eigenvalue weighted by atomic mass is 19.1. The van der Waals surface area contributed by atoms with Crippen LogP contribution in [0.5, 0.6) is 0 Å². The van der Waals surface area contributed by atoms with Crippen LogP contribution in [-0.4, -0.2) is 46.9 Å². The molecule has 1 aliphatic rings. The third-order valence-corrected chi connectivity index (χ3v) is 6.15. The molecular formula is C24H27FN4O3. The minimum Gasteiger partial charge on any atom is -0.361 e. The maximum absolute atomic E-state index is 14.9. The van der Waals surface area contributed by atoms with Crippen LogP contribution in [0.15, 0.2) is 42.6 Å². The monoisotopic (exact) mass is 438 g/mol. The molecule has 2 N–H and O–H groups in total. The highest BCUT2D eigenvalue weighted by molar-refractivity contribution is 5.87. The Hall–Kier alpha value is -3.26. The molecule has 0 spiro atoms. The summed E-state index contributed by atoms with van der Waals surface area (Å²) in [7, 11) is 0. The van der Waals surface area contributed by atoms with Gasteiger partial charge in [0, 0.05) is 54.7 Å². The van der Waals surface area contributed by atoms with Crippen LogP contribution in [0.25, 0.3) is 10.9 Å². The number of carbonyl (C=O) groups excluding carboxylic acids is 1. The number of fused-ring (bicyclic) bond motifs is 1. The Bertz CT molecular complexity index is 1140. The van der Waals surface area contributed by atoms with Gasteiger partial charge in [-0.2, -0.15) is 0 Å². The average Bonchev–Trinajstić information content (AvgIpc) is 3.43. The van der Waals surface area contributed by atoms with Crippen molar-refractivity contribution in [2.45, 2.75) is 32.1 Å². The van der Waals surface area contributed by atoms with E-state index in [1.165, 1.54) is 31.0 Å². The molecule has 168 valence electrons. The van der Waals surface area contributed by atoms with Gasteiger partial charge in [0.1, 0.15) is 5.82 Å². The van der Waals surface area contributed by atoms with Crippen molar-refractivity contribution in [1.82, 2.24) is 15.2 Å². The molecule has 1 atom stereocenters. The number of aromatic amines is 1. The summed E-state index contributed by atoms with van der Waals surface area (Å²) in [6.07, 6.45) is 4.15. The summed E-state index contributed by atoms with van der Waals surface area (Å²) in [6, 6.07) is 9.37. The summed E-state index contributed by atoms with van der Waals surface area (Å²) in [4.78, 5) is 29.1. The van der Waals surface area contributed by atoms with E-state index < -0.39 is 16.7 Å². The van der Waals surface area contributed by atoms with Gasteiger partial charge in [0.25, 0.3) is 5.69 Å². The van der Waals surface area contributed by atoms with Crippen molar-refractivity contribution in [3.8, 4) is 0 Å². The summed E-state index contributed by atoms with van der Waals surface area (Å²) in [5, 5.41) is 14.9. The van der Waals surface area contributed by atoms with Crippen LogP contribution >= 0.6 is 0 Å². The Morgan fingerprint density at radius 2 is 2.00 bits per heavy atom. The van der Waals surface area contributed by atoms with Crippen molar-refractivity contribution in [1.29, 1.82) is 0 Å². The molecule has 1 saturated heterocycles. The largest absolute Gasteiger partial charge is 0.361 e. The van der Waals surface area contributed by atoms with E-state index in [4.69, 9.17) is 0 Å². The van der Waals surface area contributed by atoms with Crippen LogP contribution in [0.2, 0.25) is 0 Å². The van der Waals surface area contributed by atoms with Crippen molar-refractivity contribution >= 4 is 22.5 Å². The predicted octanol–water partition coefficient (Wildman–Crippen LogP) is 4.26. The molecule has 7 nitrogen and oxygen atoms in total. The number of nitro groups is 1. The predicted molar refractivity (Wildman–Crippen MR) is 121 cm³/mol. The Morgan fingerprint density at radius 1 is 1.22 bits per heavy atom. The first kappa shape index (κ1) is 22.0. The fraction of sp³-hybridized carbons (Fsp3) is 0.375. The lowest BCUT2D eigenvalue weighted by atomic mass is 9.86. The minimum absolute atomic E-state index is 0.0446. The molecule has 32 heavy (non-hydrogen) atoms. The lowest BCUT2D eigenvalue weighted by Gasteiger charge is -2.19. The number of aryl methyl sites for hydroxylation is 1. The molecule has 3 aromatic rings. The number of benzene rings is 2. The van der Waals surface area contributed by atoms with Gasteiger partial charge < -0.3 is 15.2 Å². The summed E-state index contributed by atoms with van der Waals surface area (Å²) in [5.41, 5.74) is 2.62. The minimum atomic E-state index is -0.572. The second-order valence-corrected chi connectivity index (χ2v) is 8.41. The van der Waals surface area contributed by atoms with Crippen molar-refractivity contribution in [3.05, 3.63) is 75.2 Å². The number of aromatic nitrogens is 1. The van der Waals surface area contributed by atoms with E-state index in [0.717, 1.165) is 25.2 Å². The van der Waals surface area contributed by atoms with Gasteiger partial charge in [-0.15, -0.1) is 0 Å². The van der Waals surface area contributed by atoms with Crippen LogP contribution in [0, 0.1) is 22.9 Å². The number of likely N-dealkylation sites (tertiary alicyclic amines) is 1. The highest BCUT2D eigenvalue weighted by Crippen LogP contribution is 2.36. The highest BCUT2D eigenvalue weighted by Gasteiger charge is 2.25. The van der Waals surface area contributed by atoms with E-state index >= 15 is 0 Å². The number of halogens is 1. The molecule has 8 heteroatoms. The molecule has 1 aromatic heterocycles. The first-order valence-electron chi connectivity index (χ1n) is 10.9. The van der Waals surface area contributed by atoms with E-state index in [1.807, 2.05) is 6.92 Å². The Kier molecular flexibility index (Phi) is 6.50. The lowest BCUT2D eigenvalue weighted by Crippen LogP contribution is -2.34. The zero-order chi connectivity index (χ0) is 22.7. The lowest BCUT2D eigenvalue weighted by molar-refractivity contribution is -0.384. The number of non-ortho nitro benzene ring substituents is 1. The van der Waals surface area contributed by atoms with Gasteiger partial charge in [0.05, 0.1) is 4.92 Å². The van der Waals surface area contributed by atoms with Gasteiger partial charge in [-0.25, -0.2) is 4.39 Å². The Labute approximate surface area is 185 Å². The van der Waals surface area contributed by atoms with Crippen LogP contribution in [0.1, 0.15) is 41.9 Å². The number of amides is 1. The zero-order valence-corrected chi connectivity index (χ0v) is 18.1. The van der Waals surface area contributed by atoms with Crippen molar-refractivity contribution in [2.24, 2.45) is 0 Å². The van der Waals surface area contributed by atoms with Crippen LogP contribution in [0.3, 0.4) is 0 Å². The van der Waals surface area contributed by atoms with E-state index in [-0.39, 0.29) is 18.0 Å². The van der Waals surface area contributed by atoms with E-state index in [2.05, 4.69) is 15.2 Å². The van der Waals surface area contributed by atoms with Crippen molar-refractivity contribution < 1.29 is 14.1 Å². The smallest absolute Gasteiger partial charge is 0.270 e. The van der Waals surface area contributed by atoms with Crippen LogP contribution in [-0.2, 0) is 4.79 Å². The summed E-state index contributed by atoms with van der Waals surface area (Å²) in [5.74, 6) is -1.14. The third-order valence-electron chi connectivity index (χ3n) is 6.15. The van der Waals surface area contributed by atoms with Crippen molar-refractivity contribution in [2.75, 3.05) is 26.2 Å². The maximum atomic E-state index is 14.9. The van der Waals surface area contributed by atoms with Gasteiger partial charge in [-0.1, -0.05) is 17.7 Å². The molecule has 0 aliphatic carbocycles. The molecule has 1 aliphatic heterocycles. The summed E-state index contributed by atoms with van der Waals surface area (Å²) < 4.78 is 14.9. The first-order chi connectivity index (χ1) is 15.4. The number of hydrogen-bond acceptors (Lipinski definition) is 4. The number of nitrogens with one attached hydrogen (secondary N) is 2. The fourth-order valence-corrected chi connectivity index (χ4v) is 4.47. The first-order valence-corrected chi connectivity index (χ1v) is 10.9. The molecule has 0 bridgehead atoms. The van der Waals surface area contributed by atoms with Gasteiger partial charge in [0.15, 0.2) is 0 Å². The number of hydrogen-bond donors (Lipinski definition) is 2. The quantitative estimate of drug-likeness (QED) is 0.406. The molecule has 4 rings (SSSR count). The zero-order valence-electron chi connectivity index (χ0n) is 18.1. The van der Waals surface area contributed by atoms with Crippen LogP contribution < -0.4 is 5.32 Å². The van der Waals surface area contributed by atoms with E-state index in [1.54, 1.807) is 24.4 Å². The molecule has 2 heterocycles. The second kappa shape index (κ2) is 9.48. The Balaban J connectivity index is 1.63. The van der Waals surface area contributed by atoms with Crippen LogP contribution in [0.4, 0.5) is 10.1 Å². The Morgan fingerprint density at radius 3 is 2.75 bits per heavy atom. The second-order valence-electron chi connectivity index (χ2n) is 8.41. The number of H-pyrrole nitrogens is 1. The van der Waals surface area contributed by atoms with E-state index in [9.17, 15) is 19.3 Å². The molecule has 1 fully saturated rings. The van der Waals surface area contributed by atoms with Gasteiger partial charge in [-0.3, -0.25) is 14.9 Å². The number of nitro benzene ring substituents is 1. The summed E-state index contributed by atoms with van der Waals surface area (Å²) in [6.45, 7) is 5.33. The number of nitrogens with zero attached hydrogens (tertiary/aromatic N) is 2. The topological polar surface area (TPSA) is 91.3 Å². The molecular weight excluding hydrogens is 411 g/mol. The molecule has 2 aromatic carbocycles. The van der Waals surface area contributed by atoms with Crippen molar-refractivity contribution in [3.63, 3.8) is 0 Å². The van der Waals surface area contributed by atoms with E-state index in [0.29, 0.717) is 28.6 Å². The van der Waals surface area contributed by atoms with Gasteiger partial charge in [-0.05, 0) is 56.1 Å². The molecule has 1 amide bonds.